The largest absolute Gasteiger partial charge is 0.493 e. The van der Waals surface area contributed by atoms with Gasteiger partial charge in [-0.1, -0.05) is 0 Å². The summed E-state index contributed by atoms with van der Waals surface area (Å²) in [4.78, 5) is 0. The zero-order valence-electron chi connectivity index (χ0n) is 9.08. The third-order valence-electron chi connectivity index (χ3n) is 3.20. The lowest BCUT2D eigenvalue weighted by Crippen LogP contribution is -2.15. The van der Waals surface area contributed by atoms with E-state index in [1.54, 1.807) is 0 Å². The van der Waals surface area contributed by atoms with Gasteiger partial charge in [0.15, 0.2) is 0 Å². The van der Waals surface area contributed by atoms with E-state index in [-0.39, 0.29) is 0 Å². The SMILES string of the molecule is N#Cc1c2c(cc3c1OCCC3)OCCC2. The number of fused-ring (bicyclic) bond motifs is 2. The van der Waals surface area contributed by atoms with Gasteiger partial charge < -0.3 is 9.47 Å². The summed E-state index contributed by atoms with van der Waals surface area (Å²) >= 11 is 0. The van der Waals surface area contributed by atoms with Crippen molar-refractivity contribution in [1.29, 1.82) is 5.26 Å². The highest BCUT2D eigenvalue weighted by atomic mass is 16.5. The van der Waals surface area contributed by atoms with Gasteiger partial charge in [0.25, 0.3) is 0 Å². The molecule has 3 rings (SSSR count). The van der Waals surface area contributed by atoms with Crippen LogP contribution in [0.25, 0.3) is 0 Å². The van der Waals surface area contributed by atoms with Crippen LogP contribution in [0.3, 0.4) is 0 Å². The number of nitrogens with zero attached hydrogens (tertiary/aromatic N) is 1. The first kappa shape index (κ1) is 9.53. The number of hydrogen-bond acceptors (Lipinski definition) is 3. The number of nitriles is 1. The molecule has 0 bridgehead atoms. The molecule has 0 N–H and O–H groups in total. The maximum Gasteiger partial charge on any atom is 0.140 e. The summed E-state index contributed by atoms with van der Waals surface area (Å²) in [6.07, 6.45) is 3.92. The molecule has 0 unspecified atom stereocenters. The van der Waals surface area contributed by atoms with Gasteiger partial charge in [-0.2, -0.15) is 5.26 Å². The zero-order valence-corrected chi connectivity index (χ0v) is 9.08. The van der Waals surface area contributed by atoms with Crippen molar-refractivity contribution in [1.82, 2.24) is 0 Å². The van der Waals surface area contributed by atoms with E-state index in [9.17, 15) is 5.26 Å². The Hall–Kier alpha value is -1.69. The van der Waals surface area contributed by atoms with Gasteiger partial charge in [-0.3, -0.25) is 0 Å². The molecule has 1 aromatic carbocycles. The molecule has 3 nitrogen and oxygen atoms in total. The molecule has 0 aliphatic carbocycles. The van der Waals surface area contributed by atoms with Gasteiger partial charge >= 0.3 is 0 Å². The smallest absolute Gasteiger partial charge is 0.140 e. The van der Waals surface area contributed by atoms with E-state index in [4.69, 9.17) is 9.47 Å². The van der Waals surface area contributed by atoms with Crippen LogP contribution in [0.4, 0.5) is 0 Å². The lowest BCUT2D eigenvalue weighted by Gasteiger charge is -2.25. The van der Waals surface area contributed by atoms with Gasteiger partial charge in [-0.25, -0.2) is 0 Å². The molecule has 0 amide bonds. The quantitative estimate of drug-likeness (QED) is 0.666. The molecule has 1 aromatic rings. The predicted molar refractivity (Wildman–Crippen MR) is 58.8 cm³/mol. The second kappa shape index (κ2) is 3.71. The molecule has 0 fully saturated rings. The Morgan fingerprint density at radius 1 is 1.12 bits per heavy atom. The molecule has 3 heteroatoms. The van der Waals surface area contributed by atoms with Crippen LogP contribution >= 0.6 is 0 Å². The third kappa shape index (κ3) is 1.34. The summed E-state index contributed by atoms with van der Waals surface area (Å²) in [6, 6.07) is 4.34. The summed E-state index contributed by atoms with van der Waals surface area (Å²) in [5.74, 6) is 1.70. The van der Waals surface area contributed by atoms with E-state index in [0.717, 1.165) is 61.5 Å². The summed E-state index contributed by atoms with van der Waals surface area (Å²) in [5, 5.41) is 9.26. The van der Waals surface area contributed by atoms with Crippen molar-refractivity contribution in [3.8, 4) is 17.6 Å². The molecular formula is C13H13NO2. The highest BCUT2D eigenvalue weighted by Gasteiger charge is 2.23. The van der Waals surface area contributed by atoms with Gasteiger partial charge in [-0.05, 0) is 37.3 Å². The topological polar surface area (TPSA) is 42.2 Å². The lowest BCUT2D eigenvalue weighted by molar-refractivity contribution is 0.272. The average molecular weight is 215 g/mol. The van der Waals surface area contributed by atoms with E-state index in [1.165, 1.54) is 0 Å². The third-order valence-corrected chi connectivity index (χ3v) is 3.20. The molecule has 0 saturated heterocycles. The van der Waals surface area contributed by atoms with Gasteiger partial charge in [0.05, 0.1) is 13.2 Å². The molecule has 82 valence electrons. The molecule has 0 atom stereocenters. The molecule has 0 spiro atoms. The highest BCUT2D eigenvalue weighted by Crippen LogP contribution is 2.39. The number of benzene rings is 1. The van der Waals surface area contributed by atoms with Gasteiger partial charge in [0, 0.05) is 5.56 Å². The van der Waals surface area contributed by atoms with Crippen LogP contribution in [-0.4, -0.2) is 13.2 Å². The number of hydrogen-bond donors (Lipinski definition) is 0. The minimum atomic E-state index is 0.701. The normalized spacial score (nSPS) is 17.4. The Kier molecular flexibility index (Phi) is 2.21. The second-order valence-electron chi connectivity index (χ2n) is 4.23. The van der Waals surface area contributed by atoms with Gasteiger partial charge in [0.1, 0.15) is 23.1 Å². The summed E-state index contributed by atoms with van der Waals surface area (Å²) in [5.41, 5.74) is 2.87. The molecule has 0 aromatic heterocycles. The Balaban J connectivity index is 2.21. The van der Waals surface area contributed by atoms with Crippen molar-refractivity contribution >= 4 is 0 Å². The van der Waals surface area contributed by atoms with Crippen molar-refractivity contribution in [3.63, 3.8) is 0 Å². The fraction of sp³-hybridized carbons (Fsp3) is 0.462. The van der Waals surface area contributed by atoms with Crippen molar-refractivity contribution < 1.29 is 9.47 Å². The Morgan fingerprint density at radius 2 is 1.94 bits per heavy atom. The van der Waals surface area contributed by atoms with E-state index in [1.807, 2.05) is 0 Å². The van der Waals surface area contributed by atoms with Crippen LogP contribution < -0.4 is 9.47 Å². The summed E-state index contributed by atoms with van der Waals surface area (Å²) < 4.78 is 11.3. The van der Waals surface area contributed by atoms with E-state index in [0.29, 0.717) is 5.56 Å². The van der Waals surface area contributed by atoms with Crippen LogP contribution in [0.1, 0.15) is 29.5 Å². The molecule has 2 aliphatic heterocycles. The predicted octanol–water partition coefficient (Wildman–Crippen LogP) is 2.21. The maximum absolute atomic E-state index is 9.26. The fourth-order valence-corrected chi connectivity index (χ4v) is 2.45. The van der Waals surface area contributed by atoms with Crippen molar-refractivity contribution in [3.05, 3.63) is 22.8 Å². The van der Waals surface area contributed by atoms with Crippen LogP contribution in [0.5, 0.6) is 11.5 Å². The van der Waals surface area contributed by atoms with Crippen LogP contribution in [0, 0.1) is 11.3 Å². The van der Waals surface area contributed by atoms with E-state index < -0.39 is 0 Å². The molecule has 2 heterocycles. The Morgan fingerprint density at radius 3 is 2.81 bits per heavy atom. The fourth-order valence-electron chi connectivity index (χ4n) is 2.45. The standard InChI is InChI=1S/C13H13NO2/c14-8-11-10-4-2-5-15-12(10)7-9-3-1-6-16-13(9)11/h7H,1-6H2. The zero-order chi connectivity index (χ0) is 11.0. The lowest BCUT2D eigenvalue weighted by atomic mass is 9.94. The van der Waals surface area contributed by atoms with Crippen LogP contribution in [0.15, 0.2) is 6.07 Å². The first-order chi connectivity index (χ1) is 7.90. The number of rotatable bonds is 0. The van der Waals surface area contributed by atoms with E-state index >= 15 is 0 Å². The van der Waals surface area contributed by atoms with E-state index in [2.05, 4.69) is 12.1 Å². The van der Waals surface area contributed by atoms with Crippen molar-refractivity contribution in [2.24, 2.45) is 0 Å². The van der Waals surface area contributed by atoms with Gasteiger partial charge in [-0.15, -0.1) is 0 Å². The van der Waals surface area contributed by atoms with Crippen LogP contribution in [-0.2, 0) is 12.8 Å². The minimum absolute atomic E-state index is 0.701. The number of ether oxygens (including phenoxy) is 2. The summed E-state index contributed by atoms with van der Waals surface area (Å²) in [7, 11) is 0. The molecule has 0 radical (unpaired) electrons. The highest BCUT2D eigenvalue weighted by molar-refractivity contribution is 5.60. The first-order valence-electron chi connectivity index (χ1n) is 5.74. The summed E-state index contributed by atoms with van der Waals surface area (Å²) in [6.45, 7) is 1.48. The van der Waals surface area contributed by atoms with Gasteiger partial charge in [0.2, 0.25) is 0 Å². The monoisotopic (exact) mass is 215 g/mol. The Bertz CT molecular complexity index is 440. The van der Waals surface area contributed by atoms with Crippen molar-refractivity contribution in [2.45, 2.75) is 25.7 Å². The number of aryl methyl sites for hydroxylation is 1. The van der Waals surface area contributed by atoms with Crippen LogP contribution in [0.2, 0.25) is 0 Å². The molecule has 2 aliphatic rings. The Labute approximate surface area is 94.6 Å². The molecule has 16 heavy (non-hydrogen) atoms. The first-order valence-corrected chi connectivity index (χ1v) is 5.74. The molecular weight excluding hydrogens is 202 g/mol. The minimum Gasteiger partial charge on any atom is -0.493 e. The molecule has 0 saturated carbocycles. The second-order valence-corrected chi connectivity index (χ2v) is 4.23. The maximum atomic E-state index is 9.26. The average Bonchev–Trinajstić information content (AvgIpc) is 2.36. The van der Waals surface area contributed by atoms with Crippen molar-refractivity contribution in [2.75, 3.05) is 13.2 Å².